The van der Waals surface area contributed by atoms with Crippen molar-refractivity contribution in [3.63, 3.8) is 0 Å². The largest absolute Gasteiger partial charge is 0.435 e. The lowest BCUT2D eigenvalue weighted by Gasteiger charge is -2.45. The van der Waals surface area contributed by atoms with Crippen molar-refractivity contribution >= 4 is 5.91 Å². The summed E-state index contributed by atoms with van der Waals surface area (Å²) in [6, 6.07) is 8.34. The number of halogens is 6. The molecule has 0 radical (unpaired) electrons. The number of hydrogen-bond donors (Lipinski definition) is 0. The fourth-order valence-corrected chi connectivity index (χ4v) is 5.75. The third kappa shape index (κ3) is 4.18. The van der Waals surface area contributed by atoms with Gasteiger partial charge in [0, 0.05) is 36.0 Å². The van der Waals surface area contributed by atoms with E-state index in [1.807, 2.05) is 0 Å². The number of alkyl halides is 3. The Morgan fingerprint density at radius 2 is 1.74 bits per heavy atom. The summed E-state index contributed by atoms with van der Waals surface area (Å²) in [4.78, 5) is 15.5. The van der Waals surface area contributed by atoms with Gasteiger partial charge in [-0.2, -0.15) is 23.4 Å². The summed E-state index contributed by atoms with van der Waals surface area (Å²) in [6.45, 7) is 0. The van der Waals surface area contributed by atoms with Gasteiger partial charge in [0.2, 0.25) is 0 Å². The average Bonchev–Trinajstić information content (AvgIpc) is 3.52. The highest BCUT2D eigenvalue weighted by atomic mass is 19.4. The van der Waals surface area contributed by atoms with Crippen LogP contribution in [-0.4, -0.2) is 36.4 Å². The van der Waals surface area contributed by atoms with E-state index in [0.717, 1.165) is 34.9 Å². The van der Waals surface area contributed by atoms with Crippen LogP contribution < -0.4 is 0 Å². The zero-order valence-electron chi connectivity index (χ0n) is 20.5. The van der Waals surface area contributed by atoms with E-state index in [0.29, 0.717) is 36.3 Å². The molecule has 0 spiro atoms. The number of aromatic nitrogens is 4. The lowest BCUT2D eigenvalue weighted by Crippen LogP contribution is -2.49. The highest BCUT2D eigenvalue weighted by molar-refractivity contribution is 5.95. The monoisotopic (exact) mass is 545 g/mol. The molecule has 4 aromatic rings. The molecule has 1 amide bonds. The second kappa shape index (κ2) is 8.99. The Balaban J connectivity index is 1.36. The molecule has 2 aromatic heterocycles. The first-order valence-corrected chi connectivity index (χ1v) is 12.3. The Hall–Kier alpha value is -4.09. The molecule has 4 heterocycles. The molecule has 1 fully saturated rings. The molecule has 12 heteroatoms. The summed E-state index contributed by atoms with van der Waals surface area (Å²) in [5.74, 6) is -4.44. The topological polar surface area (TPSA) is 56.0 Å². The van der Waals surface area contributed by atoms with Crippen molar-refractivity contribution in [2.24, 2.45) is 7.05 Å². The number of hydrogen-bond acceptors (Lipinski definition) is 3. The van der Waals surface area contributed by atoms with Gasteiger partial charge < -0.3 is 4.90 Å². The van der Waals surface area contributed by atoms with Crippen LogP contribution in [0.3, 0.4) is 0 Å². The van der Waals surface area contributed by atoms with E-state index in [-0.39, 0.29) is 23.1 Å². The Labute approximate surface area is 218 Å². The highest BCUT2D eigenvalue weighted by Crippen LogP contribution is 2.45. The maximum atomic E-state index is 14.0. The zero-order chi connectivity index (χ0) is 27.6. The smallest absolute Gasteiger partial charge is 0.327 e. The Kier molecular flexibility index (Phi) is 5.81. The van der Waals surface area contributed by atoms with Crippen molar-refractivity contribution in [2.45, 2.75) is 43.9 Å². The van der Waals surface area contributed by atoms with Gasteiger partial charge in [-0.3, -0.25) is 9.48 Å². The molecular weight excluding hydrogens is 524 g/mol. The predicted octanol–water partition coefficient (Wildman–Crippen LogP) is 6.00. The van der Waals surface area contributed by atoms with Gasteiger partial charge in [0.15, 0.2) is 23.1 Å². The SMILES string of the molecule is Cn1nc2c(c1-c1cc(F)c(F)c(F)c1)C[C@@H]1CCC[C@H]2N1C(=O)c1cccc(-n2ccc(C(F)(F)F)n2)c1. The van der Waals surface area contributed by atoms with Crippen molar-refractivity contribution in [2.75, 3.05) is 0 Å². The van der Waals surface area contributed by atoms with Crippen LogP contribution in [0.1, 0.15) is 52.6 Å². The van der Waals surface area contributed by atoms with Gasteiger partial charge in [0.25, 0.3) is 5.91 Å². The van der Waals surface area contributed by atoms with Crippen LogP contribution in [0, 0.1) is 17.5 Å². The Morgan fingerprint density at radius 1 is 1.00 bits per heavy atom. The average molecular weight is 545 g/mol. The van der Waals surface area contributed by atoms with Crippen molar-refractivity contribution in [3.8, 4) is 16.9 Å². The van der Waals surface area contributed by atoms with Gasteiger partial charge in [0.1, 0.15) is 0 Å². The minimum absolute atomic E-state index is 0.158. The van der Waals surface area contributed by atoms with Gasteiger partial charge in [0.05, 0.1) is 23.1 Å². The number of piperidine rings is 1. The summed E-state index contributed by atoms with van der Waals surface area (Å²) >= 11 is 0. The van der Waals surface area contributed by atoms with E-state index >= 15 is 0 Å². The number of carbonyl (C=O) groups excluding carboxylic acids is 1. The standard InChI is InChI=1S/C27H21F6N5O/c1-36-25(15-11-19(28)23(30)20(29)12-15)18-13-17-6-3-7-21(24(18)35-36)38(17)26(39)14-4-2-5-16(10-14)37-9-8-22(34-37)27(31,32)33/h2,4-5,8-12,17,21H,3,6-7,13H2,1H3/t17-,21+/m0/s1. The van der Waals surface area contributed by atoms with Gasteiger partial charge in [-0.05, 0) is 62.1 Å². The van der Waals surface area contributed by atoms with Crippen molar-refractivity contribution in [1.29, 1.82) is 0 Å². The second-order valence-electron chi connectivity index (χ2n) is 9.80. The van der Waals surface area contributed by atoms with Crippen molar-refractivity contribution < 1.29 is 31.1 Å². The van der Waals surface area contributed by atoms with Crippen LogP contribution in [0.5, 0.6) is 0 Å². The lowest BCUT2D eigenvalue weighted by molar-refractivity contribution is -0.141. The van der Waals surface area contributed by atoms with Crippen LogP contribution in [0.25, 0.3) is 16.9 Å². The maximum Gasteiger partial charge on any atom is 0.435 e. The third-order valence-electron chi connectivity index (χ3n) is 7.40. The van der Waals surface area contributed by atoms with E-state index in [1.165, 1.54) is 16.9 Å². The summed E-state index contributed by atoms with van der Waals surface area (Å²) in [6.07, 6.45) is -0.867. The zero-order valence-corrected chi connectivity index (χ0v) is 20.5. The van der Waals surface area contributed by atoms with Gasteiger partial charge >= 0.3 is 6.18 Å². The molecule has 39 heavy (non-hydrogen) atoms. The third-order valence-corrected chi connectivity index (χ3v) is 7.40. The second-order valence-corrected chi connectivity index (χ2v) is 9.80. The number of rotatable bonds is 3. The molecular formula is C27H21F6N5O. The summed E-state index contributed by atoms with van der Waals surface area (Å²) < 4.78 is 83.3. The van der Waals surface area contributed by atoms with E-state index in [4.69, 9.17) is 0 Å². The van der Waals surface area contributed by atoms with Crippen molar-refractivity contribution in [3.05, 3.63) is 88.6 Å². The molecule has 2 atom stereocenters. The van der Waals surface area contributed by atoms with E-state index in [9.17, 15) is 31.1 Å². The van der Waals surface area contributed by atoms with Gasteiger partial charge in [-0.1, -0.05) is 6.07 Å². The molecule has 6 rings (SSSR count). The first-order valence-electron chi connectivity index (χ1n) is 12.3. The van der Waals surface area contributed by atoms with E-state index in [2.05, 4.69) is 10.2 Å². The molecule has 202 valence electrons. The fraction of sp³-hybridized carbons (Fsp3) is 0.296. The number of carbonyl (C=O) groups is 1. The van der Waals surface area contributed by atoms with E-state index < -0.39 is 35.4 Å². The van der Waals surface area contributed by atoms with Crippen molar-refractivity contribution in [1.82, 2.24) is 24.5 Å². The molecule has 2 aliphatic heterocycles. The molecule has 0 saturated carbocycles. The minimum Gasteiger partial charge on any atom is -0.327 e. The summed E-state index contributed by atoms with van der Waals surface area (Å²) in [5, 5.41) is 8.20. The molecule has 2 aliphatic rings. The number of benzene rings is 2. The Morgan fingerprint density at radius 3 is 2.44 bits per heavy atom. The van der Waals surface area contributed by atoms with Crippen LogP contribution in [-0.2, 0) is 19.6 Å². The fourth-order valence-electron chi connectivity index (χ4n) is 5.75. The lowest BCUT2D eigenvalue weighted by atomic mass is 9.81. The number of fused-ring (bicyclic) bond motifs is 4. The van der Waals surface area contributed by atoms with E-state index in [1.54, 1.807) is 30.1 Å². The quantitative estimate of drug-likeness (QED) is 0.234. The number of nitrogens with zero attached hydrogens (tertiary/aromatic N) is 5. The summed E-state index contributed by atoms with van der Waals surface area (Å²) in [5.41, 5.74) is 1.55. The molecule has 0 aliphatic carbocycles. The molecule has 1 saturated heterocycles. The highest BCUT2D eigenvalue weighted by Gasteiger charge is 2.43. The maximum absolute atomic E-state index is 14.0. The summed E-state index contributed by atoms with van der Waals surface area (Å²) in [7, 11) is 1.63. The molecule has 0 N–H and O–H groups in total. The molecule has 2 bridgehead atoms. The van der Waals surface area contributed by atoms with Crippen LogP contribution >= 0.6 is 0 Å². The van der Waals surface area contributed by atoms with Crippen LogP contribution in [0.15, 0.2) is 48.7 Å². The van der Waals surface area contributed by atoms with Crippen LogP contribution in [0.4, 0.5) is 26.3 Å². The number of amides is 1. The predicted molar refractivity (Wildman–Crippen MR) is 127 cm³/mol. The first-order chi connectivity index (χ1) is 18.5. The van der Waals surface area contributed by atoms with Gasteiger partial charge in [-0.25, -0.2) is 17.9 Å². The molecule has 2 aromatic carbocycles. The molecule has 0 unspecified atom stereocenters. The first kappa shape index (κ1) is 25.2. The molecule has 6 nitrogen and oxygen atoms in total. The van der Waals surface area contributed by atoms with Crippen LogP contribution in [0.2, 0.25) is 0 Å². The normalized spacial score (nSPS) is 18.8. The number of aryl methyl sites for hydroxylation is 1. The minimum atomic E-state index is -4.59. The Bertz CT molecular complexity index is 1580. The van der Waals surface area contributed by atoms with Gasteiger partial charge in [-0.15, -0.1) is 0 Å².